The van der Waals surface area contributed by atoms with Gasteiger partial charge in [-0.3, -0.25) is 14.9 Å². The highest BCUT2D eigenvalue weighted by Crippen LogP contribution is 2.37. The van der Waals surface area contributed by atoms with Crippen molar-refractivity contribution in [3.8, 4) is 16.9 Å². The molecule has 0 aliphatic heterocycles. The summed E-state index contributed by atoms with van der Waals surface area (Å²) >= 11 is 6.02. The molecule has 0 aliphatic rings. The van der Waals surface area contributed by atoms with Crippen LogP contribution in [0.2, 0.25) is 5.02 Å². The molecule has 0 radical (unpaired) electrons. The molecule has 4 rings (SSSR count). The normalized spacial score (nSPS) is 11.5. The number of rotatable bonds is 6. The van der Waals surface area contributed by atoms with Crippen LogP contribution in [0.3, 0.4) is 0 Å². The number of hydrogen-bond acceptors (Lipinski definition) is 5. The minimum absolute atomic E-state index is 0.0941. The zero-order valence-corrected chi connectivity index (χ0v) is 19.5. The zero-order chi connectivity index (χ0) is 24.4. The molecule has 0 fully saturated rings. The summed E-state index contributed by atoms with van der Waals surface area (Å²) in [5.74, 6) is 0.144. The van der Waals surface area contributed by atoms with Crippen LogP contribution < -0.4 is 10.1 Å². The van der Waals surface area contributed by atoms with E-state index in [1.165, 1.54) is 18.2 Å². The molecule has 0 aliphatic carbocycles. The van der Waals surface area contributed by atoms with Crippen molar-refractivity contribution >= 4 is 45.4 Å². The minimum Gasteiger partial charge on any atom is -0.496 e. The van der Waals surface area contributed by atoms with Gasteiger partial charge in [0.05, 0.1) is 24.0 Å². The van der Waals surface area contributed by atoms with E-state index in [1.807, 2.05) is 30.3 Å². The maximum Gasteiger partial charge on any atom is 0.271 e. The summed E-state index contributed by atoms with van der Waals surface area (Å²) in [6, 6.07) is 15.5. The molecule has 1 aromatic heterocycles. The average Bonchev–Trinajstić information content (AvgIpc) is 3.22. The van der Waals surface area contributed by atoms with Crippen LogP contribution in [0.25, 0.3) is 27.7 Å². The Hall–Kier alpha value is -4.10. The number of aryl methyl sites for hydroxylation is 1. The van der Waals surface area contributed by atoms with Crippen LogP contribution in [0.4, 0.5) is 11.4 Å². The Morgan fingerprint density at radius 3 is 2.56 bits per heavy atom. The first kappa shape index (κ1) is 23.1. The molecule has 0 saturated carbocycles. The summed E-state index contributed by atoms with van der Waals surface area (Å²) in [5, 5.41) is 15.3. The first-order valence-electron chi connectivity index (χ1n) is 10.4. The second-order valence-electron chi connectivity index (χ2n) is 7.78. The lowest BCUT2D eigenvalue weighted by Crippen LogP contribution is -2.10. The standard InChI is InChI=1S/C26H21ClN2O5/c1-15-4-9-19(29(31)32)11-23(15)28-26(30)10-16(2)20-12-21-22(17-5-7-18(27)8-6-17)14-34-25(21)13-24(20)33-3/h4-14H,1-3H3,(H,28,30)/b16-10+. The number of nitrogens with zero attached hydrogens (tertiary/aromatic N) is 1. The molecule has 4 aromatic rings. The Morgan fingerprint density at radius 2 is 1.88 bits per heavy atom. The first-order chi connectivity index (χ1) is 16.3. The van der Waals surface area contributed by atoms with Gasteiger partial charge in [0.1, 0.15) is 11.3 Å². The largest absolute Gasteiger partial charge is 0.496 e. The number of anilines is 1. The molecule has 34 heavy (non-hydrogen) atoms. The number of nitro groups is 1. The van der Waals surface area contributed by atoms with E-state index >= 15 is 0 Å². The van der Waals surface area contributed by atoms with Crippen molar-refractivity contribution < 1.29 is 18.9 Å². The van der Waals surface area contributed by atoms with Gasteiger partial charge in [-0.25, -0.2) is 0 Å². The molecular formula is C26H21ClN2O5. The molecule has 1 amide bonds. The third kappa shape index (κ3) is 4.65. The summed E-state index contributed by atoms with van der Waals surface area (Å²) < 4.78 is 11.3. The van der Waals surface area contributed by atoms with E-state index in [2.05, 4.69) is 5.32 Å². The quantitative estimate of drug-likeness (QED) is 0.183. The lowest BCUT2D eigenvalue weighted by atomic mass is 9.99. The van der Waals surface area contributed by atoms with Gasteiger partial charge in [0.25, 0.3) is 5.69 Å². The molecular weight excluding hydrogens is 456 g/mol. The van der Waals surface area contributed by atoms with Crippen molar-refractivity contribution in [1.82, 2.24) is 0 Å². The van der Waals surface area contributed by atoms with Crippen LogP contribution in [0.1, 0.15) is 18.1 Å². The average molecular weight is 477 g/mol. The molecule has 8 heteroatoms. The van der Waals surface area contributed by atoms with Gasteiger partial charge in [0.2, 0.25) is 5.91 Å². The second kappa shape index (κ2) is 9.41. The van der Waals surface area contributed by atoms with Crippen LogP contribution in [-0.2, 0) is 4.79 Å². The number of nitro benzene ring substituents is 1. The summed E-state index contributed by atoms with van der Waals surface area (Å²) in [5.41, 5.74) is 4.86. The monoisotopic (exact) mass is 476 g/mol. The molecule has 0 atom stereocenters. The fourth-order valence-corrected chi connectivity index (χ4v) is 3.81. The Morgan fingerprint density at radius 1 is 1.15 bits per heavy atom. The summed E-state index contributed by atoms with van der Waals surface area (Å²) in [6.45, 7) is 3.57. The first-order valence-corrected chi connectivity index (χ1v) is 10.7. The van der Waals surface area contributed by atoms with E-state index in [4.69, 9.17) is 20.8 Å². The number of ether oxygens (including phenoxy) is 1. The van der Waals surface area contributed by atoms with Crippen molar-refractivity contribution in [3.05, 3.63) is 93.2 Å². The van der Waals surface area contributed by atoms with E-state index in [9.17, 15) is 14.9 Å². The fourth-order valence-electron chi connectivity index (χ4n) is 3.69. The maximum absolute atomic E-state index is 12.7. The molecule has 3 aromatic carbocycles. The lowest BCUT2D eigenvalue weighted by Gasteiger charge is -2.11. The molecule has 1 N–H and O–H groups in total. The molecule has 0 bridgehead atoms. The SMILES string of the molecule is COc1cc2occ(-c3ccc(Cl)cc3)c2cc1/C(C)=C/C(=O)Nc1cc([N+](=O)[O-])ccc1C. The van der Waals surface area contributed by atoms with Gasteiger partial charge >= 0.3 is 0 Å². The number of nitrogens with one attached hydrogen (secondary N) is 1. The van der Waals surface area contributed by atoms with Crippen molar-refractivity contribution in [1.29, 1.82) is 0 Å². The number of methoxy groups -OCH3 is 1. The number of non-ortho nitro benzene ring substituents is 1. The molecule has 7 nitrogen and oxygen atoms in total. The van der Waals surface area contributed by atoms with Crippen LogP contribution >= 0.6 is 11.6 Å². The number of amides is 1. The van der Waals surface area contributed by atoms with Gasteiger partial charge in [-0.2, -0.15) is 0 Å². The number of furan rings is 1. The van der Waals surface area contributed by atoms with Crippen LogP contribution in [0, 0.1) is 17.0 Å². The van der Waals surface area contributed by atoms with E-state index in [0.29, 0.717) is 27.6 Å². The third-order valence-electron chi connectivity index (χ3n) is 5.51. The Labute approximate surface area is 200 Å². The number of allylic oxidation sites excluding steroid dienone is 1. The number of carbonyl (C=O) groups is 1. The fraction of sp³-hybridized carbons (Fsp3) is 0.115. The molecule has 1 heterocycles. The van der Waals surface area contributed by atoms with Crippen LogP contribution in [-0.4, -0.2) is 17.9 Å². The van der Waals surface area contributed by atoms with Gasteiger partial charge in [-0.05, 0) is 48.7 Å². The number of fused-ring (bicyclic) bond motifs is 1. The third-order valence-corrected chi connectivity index (χ3v) is 5.77. The smallest absolute Gasteiger partial charge is 0.271 e. The summed E-state index contributed by atoms with van der Waals surface area (Å²) in [7, 11) is 1.55. The Bertz CT molecular complexity index is 1440. The number of benzene rings is 3. The summed E-state index contributed by atoms with van der Waals surface area (Å²) in [4.78, 5) is 23.3. The van der Waals surface area contributed by atoms with E-state index < -0.39 is 10.8 Å². The van der Waals surface area contributed by atoms with Crippen molar-refractivity contribution in [2.45, 2.75) is 13.8 Å². The van der Waals surface area contributed by atoms with Crippen LogP contribution in [0.5, 0.6) is 5.75 Å². The van der Waals surface area contributed by atoms with E-state index in [1.54, 1.807) is 39.4 Å². The maximum atomic E-state index is 12.7. The van der Waals surface area contributed by atoms with Gasteiger partial charge < -0.3 is 14.5 Å². The summed E-state index contributed by atoms with van der Waals surface area (Å²) in [6.07, 6.45) is 3.11. The predicted octanol–water partition coefficient (Wildman–Crippen LogP) is 7.02. The van der Waals surface area contributed by atoms with Gasteiger partial charge in [0, 0.05) is 45.8 Å². The highest BCUT2D eigenvalue weighted by molar-refractivity contribution is 6.30. The molecule has 172 valence electrons. The van der Waals surface area contributed by atoms with Gasteiger partial charge in [-0.1, -0.05) is 29.8 Å². The highest BCUT2D eigenvalue weighted by atomic mass is 35.5. The van der Waals surface area contributed by atoms with Gasteiger partial charge in [-0.15, -0.1) is 0 Å². The van der Waals surface area contributed by atoms with E-state index in [-0.39, 0.29) is 5.69 Å². The molecule has 0 spiro atoms. The Kier molecular flexibility index (Phi) is 6.38. The Balaban J connectivity index is 1.70. The van der Waals surface area contributed by atoms with Crippen molar-refractivity contribution in [3.63, 3.8) is 0 Å². The second-order valence-corrected chi connectivity index (χ2v) is 8.21. The number of carbonyl (C=O) groups excluding carboxylic acids is 1. The number of hydrogen-bond donors (Lipinski definition) is 1. The van der Waals surface area contributed by atoms with Crippen molar-refractivity contribution in [2.24, 2.45) is 0 Å². The lowest BCUT2D eigenvalue weighted by molar-refractivity contribution is -0.384. The van der Waals surface area contributed by atoms with Crippen LogP contribution in [0.15, 0.2) is 71.4 Å². The van der Waals surface area contributed by atoms with Crippen molar-refractivity contribution in [2.75, 3.05) is 12.4 Å². The predicted molar refractivity (Wildman–Crippen MR) is 133 cm³/mol. The zero-order valence-electron chi connectivity index (χ0n) is 18.7. The highest BCUT2D eigenvalue weighted by Gasteiger charge is 2.16. The van der Waals surface area contributed by atoms with Gasteiger partial charge in [0.15, 0.2) is 0 Å². The van der Waals surface area contributed by atoms with E-state index in [0.717, 1.165) is 27.6 Å². The molecule has 0 saturated heterocycles. The minimum atomic E-state index is -0.501. The number of halogens is 1. The topological polar surface area (TPSA) is 94.6 Å². The molecule has 0 unspecified atom stereocenters.